The maximum atomic E-state index is 10.4. The Kier molecular flexibility index (Phi) is 9.08. The van der Waals surface area contributed by atoms with E-state index in [-0.39, 0.29) is 18.9 Å². The van der Waals surface area contributed by atoms with Gasteiger partial charge in [0.25, 0.3) is 0 Å². The summed E-state index contributed by atoms with van der Waals surface area (Å²) in [6.07, 6.45) is -3.92. The molecule has 1 saturated heterocycles. The number of hydrogen-bond acceptors (Lipinski definition) is 6. The van der Waals surface area contributed by atoms with E-state index in [1.54, 1.807) is 0 Å². The van der Waals surface area contributed by atoms with Crippen molar-refractivity contribution in [2.24, 2.45) is 5.11 Å². The molecule has 4 atom stereocenters. The number of phosphoric ester groups is 1. The molecular weight excluding hydrogens is 285 g/mol. The summed E-state index contributed by atoms with van der Waals surface area (Å²) in [5.41, 5.74) is 8.18. The maximum Gasteiger partial charge on any atom is 0.469 e. The van der Waals surface area contributed by atoms with E-state index in [1.807, 2.05) is 0 Å². The van der Waals surface area contributed by atoms with Gasteiger partial charge in [-0.25, -0.2) is 4.57 Å². The molecular formula is C6H20N5O7P+2. The highest BCUT2D eigenvalue weighted by atomic mass is 31.2. The van der Waals surface area contributed by atoms with Gasteiger partial charge in [0.05, 0.1) is 25.4 Å². The van der Waals surface area contributed by atoms with Gasteiger partial charge < -0.3 is 37.0 Å². The fraction of sp³-hybridized carbons (Fsp3) is 1.00. The van der Waals surface area contributed by atoms with Gasteiger partial charge in [0.2, 0.25) is 0 Å². The number of azide groups is 1. The summed E-state index contributed by atoms with van der Waals surface area (Å²) < 4.78 is 19.6. The third-order valence-corrected chi connectivity index (χ3v) is 2.70. The van der Waals surface area contributed by atoms with Gasteiger partial charge in [0.1, 0.15) is 12.2 Å². The number of aliphatic hydroxyl groups is 2. The van der Waals surface area contributed by atoms with Crippen LogP contribution in [0.4, 0.5) is 0 Å². The number of hydrogen-bond donors (Lipinski definition) is 6. The average molecular weight is 305 g/mol. The first-order chi connectivity index (χ1) is 7.85. The molecule has 0 bridgehead atoms. The molecule has 0 aromatic heterocycles. The summed E-state index contributed by atoms with van der Waals surface area (Å²) in [4.78, 5) is 19.4. The van der Waals surface area contributed by atoms with Crippen LogP contribution >= 0.6 is 7.82 Å². The Morgan fingerprint density at radius 2 is 1.95 bits per heavy atom. The molecule has 12 N–H and O–H groups in total. The van der Waals surface area contributed by atoms with Gasteiger partial charge in [-0.3, -0.25) is 4.52 Å². The molecule has 114 valence electrons. The molecule has 12 nitrogen and oxygen atoms in total. The Bertz CT molecular complexity index is 358. The second-order valence-corrected chi connectivity index (χ2v) is 4.65. The molecule has 1 aliphatic heterocycles. The topological polar surface area (TPSA) is 238 Å². The van der Waals surface area contributed by atoms with Crippen LogP contribution in [0.3, 0.4) is 0 Å². The van der Waals surface area contributed by atoms with Crippen LogP contribution in [0, 0.1) is 0 Å². The number of phosphoric acid groups is 1. The molecule has 0 amide bonds. The largest absolute Gasteiger partial charge is 0.469 e. The highest BCUT2D eigenvalue weighted by Crippen LogP contribution is 2.36. The van der Waals surface area contributed by atoms with E-state index < -0.39 is 38.8 Å². The molecule has 1 aliphatic rings. The summed E-state index contributed by atoms with van der Waals surface area (Å²) in [5, 5.41) is 22.3. The molecule has 0 spiro atoms. The summed E-state index contributed by atoms with van der Waals surface area (Å²) in [6, 6.07) is -0.943. The molecule has 1 rings (SSSR count). The van der Waals surface area contributed by atoms with Gasteiger partial charge >= 0.3 is 7.82 Å². The van der Waals surface area contributed by atoms with Crippen LogP contribution in [0.2, 0.25) is 0 Å². The van der Waals surface area contributed by atoms with Crippen molar-refractivity contribution in [3.8, 4) is 0 Å². The number of aliphatic hydroxyl groups excluding tert-OH is 2. The quantitative estimate of drug-likeness (QED) is 0.174. The van der Waals surface area contributed by atoms with Crippen molar-refractivity contribution in [1.82, 2.24) is 12.3 Å². The van der Waals surface area contributed by atoms with Crippen LogP contribution in [0.5, 0.6) is 0 Å². The van der Waals surface area contributed by atoms with Crippen molar-refractivity contribution < 1.29 is 33.8 Å². The Hall–Kier alpha value is -0.780. The van der Waals surface area contributed by atoms with E-state index in [0.29, 0.717) is 0 Å². The van der Waals surface area contributed by atoms with Crippen molar-refractivity contribution in [2.45, 2.75) is 24.4 Å². The van der Waals surface area contributed by atoms with E-state index in [4.69, 9.17) is 20.1 Å². The van der Waals surface area contributed by atoms with Crippen LogP contribution in [0.25, 0.3) is 10.4 Å². The lowest BCUT2D eigenvalue weighted by atomic mass is 9.99. The summed E-state index contributed by atoms with van der Waals surface area (Å²) in [7, 11) is -4.66. The minimum atomic E-state index is -4.66. The smallest absolute Gasteiger partial charge is 0.390 e. The van der Waals surface area contributed by atoms with E-state index in [0.717, 1.165) is 0 Å². The third-order valence-electron chi connectivity index (χ3n) is 2.21. The average Bonchev–Trinajstić information content (AvgIpc) is 2.23. The summed E-state index contributed by atoms with van der Waals surface area (Å²) in [5.74, 6) is 0. The monoisotopic (exact) mass is 305 g/mol. The van der Waals surface area contributed by atoms with Gasteiger partial charge in [-0.1, -0.05) is 5.11 Å². The predicted octanol–water partition coefficient (Wildman–Crippen LogP) is -0.352. The number of rotatable bonds is 4. The Balaban J connectivity index is 0. The minimum Gasteiger partial charge on any atom is -0.390 e. The highest BCUT2D eigenvalue weighted by Gasteiger charge is 2.38. The van der Waals surface area contributed by atoms with E-state index in [1.165, 1.54) is 0 Å². The van der Waals surface area contributed by atoms with Crippen molar-refractivity contribution in [3.05, 3.63) is 10.4 Å². The van der Waals surface area contributed by atoms with Crippen LogP contribution in [-0.4, -0.2) is 57.6 Å². The molecule has 0 aromatic rings. The number of ether oxygens (including phenoxy) is 1. The zero-order valence-electron chi connectivity index (χ0n) is 10.5. The molecule has 0 unspecified atom stereocenters. The van der Waals surface area contributed by atoms with Gasteiger partial charge in [0, 0.05) is 4.91 Å². The van der Waals surface area contributed by atoms with Gasteiger partial charge in [-0.05, 0) is 5.53 Å². The molecule has 0 saturated carbocycles. The molecule has 19 heavy (non-hydrogen) atoms. The maximum absolute atomic E-state index is 10.4. The number of nitrogens with zero attached hydrogens (tertiary/aromatic N) is 3. The summed E-state index contributed by atoms with van der Waals surface area (Å²) >= 11 is 0. The Labute approximate surface area is 108 Å². The van der Waals surface area contributed by atoms with Gasteiger partial charge in [-0.15, -0.1) is 0 Å². The lowest BCUT2D eigenvalue weighted by molar-refractivity contribution is -0.154. The highest BCUT2D eigenvalue weighted by molar-refractivity contribution is 7.46. The SMILES string of the molecule is [N-]=[N+]=N[C@@H]1CO[C@H](COP(=O)(O)O)[C@@H](O)[C@H]1O.[NH4+].[NH4+]. The van der Waals surface area contributed by atoms with Gasteiger partial charge in [0.15, 0.2) is 0 Å². The van der Waals surface area contributed by atoms with E-state index in [2.05, 4.69) is 14.5 Å². The second kappa shape index (κ2) is 8.40. The first kappa shape index (κ1) is 20.5. The normalized spacial score (nSPS) is 30.5. The zero-order chi connectivity index (χ0) is 13.1. The molecule has 0 aliphatic carbocycles. The number of quaternary nitrogens is 2. The Morgan fingerprint density at radius 3 is 2.42 bits per heavy atom. The second-order valence-electron chi connectivity index (χ2n) is 3.41. The van der Waals surface area contributed by atoms with Crippen molar-refractivity contribution in [2.75, 3.05) is 13.2 Å². The molecule has 1 heterocycles. The van der Waals surface area contributed by atoms with Gasteiger partial charge in [-0.2, -0.15) is 0 Å². The van der Waals surface area contributed by atoms with Crippen LogP contribution < -0.4 is 12.3 Å². The molecule has 1 fully saturated rings. The lowest BCUT2D eigenvalue weighted by Gasteiger charge is -2.35. The van der Waals surface area contributed by atoms with Crippen molar-refractivity contribution >= 4 is 7.82 Å². The standard InChI is InChI=1S/C6H12N3O7P.2H3N/c7-9-8-3-1-15-4(6(11)5(3)10)2-16-17(12,13)14;;/h3-6,10-11H,1-2H2,(H2,12,13,14);2*1H3/p+2/t3-,4-,5+,6-;;/m1../s1. The predicted molar refractivity (Wildman–Crippen MR) is 64.7 cm³/mol. The lowest BCUT2D eigenvalue weighted by Crippen LogP contribution is -2.53. The molecule has 13 heteroatoms. The zero-order valence-corrected chi connectivity index (χ0v) is 11.4. The molecule has 0 radical (unpaired) electrons. The summed E-state index contributed by atoms with van der Waals surface area (Å²) in [6.45, 7) is -0.747. The van der Waals surface area contributed by atoms with Crippen LogP contribution in [0.1, 0.15) is 0 Å². The van der Waals surface area contributed by atoms with Crippen LogP contribution in [-0.2, 0) is 13.8 Å². The minimum absolute atomic E-state index is 0. The first-order valence-electron chi connectivity index (χ1n) is 4.57. The van der Waals surface area contributed by atoms with Crippen molar-refractivity contribution in [3.63, 3.8) is 0 Å². The Morgan fingerprint density at radius 1 is 1.37 bits per heavy atom. The van der Waals surface area contributed by atoms with Crippen molar-refractivity contribution in [1.29, 1.82) is 0 Å². The fourth-order valence-corrected chi connectivity index (χ4v) is 1.69. The van der Waals surface area contributed by atoms with E-state index >= 15 is 0 Å². The first-order valence-corrected chi connectivity index (χ1v) is 6.10. The molecule has 0 aromatic carbocycles. The van der Waals surface area contributed by atoms with E-state index in [9.17, 15) is 14.8 Å². The fourth-order valence-electron chi connectivity index (χ4n) is 1.35. The van der Waals surface area contributed by atoms with Crippen LogP contribution in [0.15, 0.2) is 5.11 Å². The third kappa shape index (κ3) is 6.27.